The number of benzene rings is 2. The van der Waals surface area contributed by atoms with Crippen molar-refractivity contribution in [1.29, 1.82) is 0 Å². The molecule has 0 bridgehead atoms. The second-order valence-electron chi connectivity index (χ2n) is 6.62. The van der Waals surface area contributed by atoms with E-state index in [1.165, 1.54) is 0 Å². The van der Waals surface area contributed by atoms with Crippen molar-refractivity contribution in [3.05, 3.63) is 65.9 Å². The highest BCUT2D eigenvalue weighted by Gasteiger charge is 2.30. The van der Waals surface area contributed by atoms with E-state index in [0.29, 0.717) is 29.7 Å². The average Bonchev–Trinajstić information content (AvgIpc) is 3.06. The van der Waals surface area contributed by atoms with Crippen molar-refractivity contribution >= 4 is 26.6 Å². The van der Waals surface area contributed by atoms with Crippen LogP contribution in [-0.4, -0.2) is 25.1 Å². The summed E-state index contributed by atoms with van der Waals surface area (Å²) in [4.78, 5) is 16.0. The summed E-state index contributed by atoms with van der Waals surface area (Å²) < 4.78 is 24.4. The molecule has 2 heterocycles. The highest BCUT2D eigenvalue weighted by molar-refractivity contribution is 7.91. The van der Waals surface area contributed by atoms with Crippen LogP contribution < -0.4 is 5.32 Å². The minimum atomic E-state index is -3.24. The number of sulfone groups is 1. The molecule has 6 heteroatoms. The number of aromatic amines is 1. The highest BCUT2D eigenvalue weighted by atomic mass is 32.2. The predicted octanol–water partition coefficient (Wildman–Crippen LogP) is 3.14. The Balaban J connectivity index is 1.46. The lowest BCUT2D eigenvalue weighted by molar-refractivity contribution is -0.121. The van der Waals surface area contributed by atoms with Crippen molar-refractivity contribution in [3.63, 3.8) is 0 Å². The number of H-pyrrole nitrogens is 1. The first kappa shape index (κ1) is 16.8. The van der Waals surface area contributed by atoms with Crippen LogP contribution in [0, 0.1) is 0 Å². The molecule has 0 aliphatic carbocycles. The number of amides is 1. The number of nitrogens with one attached hydrogen (secondary N) is 2. The van der Waals surface area contributed by atoms with Crippen LogP contribution in [0.2, 0.25) is 0 Å². The second-order valence-corrected chi connectivity index (χ2v) is 8.70. The Morgan fingerprint density at radius 1 is 1.12 bits per heavy atom. The van der Waals surface area contributed by atoms with Gasteiger partial charge in [-0.2, -0.15) is 0 Å². The van der Waals surface area contributed by atoms with Gasteiger partial charge in [0, 0.05) is 23.5 Å². The number of rotatable bonds is 4. The number of hydrogen-bond donors (Lipinski definition) is 2. The topological polar surface area (TPSA) is 79.0 Å². The number of aromatic nitrogens is 1. The van der Waals surface area contributed by atoms with Crippen LogP contribution in [-0.2, 0) is 21.1 Å². The van der Waals surface area contributed by atoms with Gasteiger partial charge in [0.2, 0.25) is 5.91 Å². The summed E-state index contributed by atoms with van der Waals surface area (Å²) in [6.07, 6.45) is 3.37. The first-order valence-electron chi connectivity index (χ1n) is 8.71. The number of fused-ring (bicyclic) bond motifs is 2. The van der Waals surface area contributed by atoms with Crippen LogP contribution in [0.4, 0.5) is 0 Å². The van der Waals surface area contributed by atoms with Gasteiger partial charge >= 0.3 is 0 Å². The van der Waals surface area contributed by atoms with Gasteiger partial charge in [0.05, 0.1) is 16.7 Å². The van der Waals surface area contributed by atoms with E-state index < -0.39 is 9.84 Å². The van der Waals surface area contributed by atoms with E-state index in [0.717, 1.165) is 16.5 Å². The van der Waals surface area contributed by atoms with Gasteiger partial charge < -0.3 is 10.3 Å². The summed E-state index contributed by atoms with van der Waals surface area (Å²) in [7, 11) is -3.24. The lowest BCUT2D eigenvalue weighted by Crippen LogP contribution is -2.34. The molecule has 0 fully saturated rings. The smallest absolute Gasteiger partial charge is 0.220 e. The molecule has 3 aromatic rings. The van der Waals surface area contributed by atoms with Crippen molar-refractivity contribution < 1.29 is 13.2 Å². The Hall–Kier alpha value is -2.60. The Labute approximate surface area is 152 Å². The zero-order valence-electron chi connectivity index (χ0n) is 14.2. The maximum atomic E-state index is 12.4. The van der Waals surface area contributed by atoms with E-state index >= 15 is 0 Å². The zero-order chi connectivity index (χ0) is 18.1. The van der Waals surface area contributed by atoms with Crippen LogP contribution in [0.1, 0.15) is 30.0 Å². The van der Waals surface area contributed by atoms with Crippen LogP contribution in [0.3, 0.4) is 0 Å². The maximum Gasteiger partial charge on any atom is 0.220 e. The van der Waals surface area contributed by atoms with Crippen molar-refractivity contribution in [2.75, 3.05) is 5.75 Å². The van der Waals surface area contributed by atoms with Crippen LogP contribution in [0.25, 0.3) is 10.9 Å². The van der Waals surface area contributed by atoms with E-state index in [2.05, 4.69) is 10.3 Å². The molecule has 2 N–H and O–H groups in total. The summed E-state index contributed by atoms with van der Waals surface area (Å²) in [5, 5.41) is 4.14. The summed E-state index contributed by atoms with van der Waals surface area (Å²) >= 11 is 0. The van der Waals surface area contributed by atoms with E-state index in [1.54, 1.807) is 18.2 Å². The van der Waals surface area contributed by atoms with Gasteiger partial charge in [-0.05, 0) is 36.1 Å². The summed E-state index contributed by atoms with van der Waals surface area (Å²) in [6.45, 7) is 0. The van der Waals surface area contributed by atoms with E-state index in [1.807, 2.05) is 36.5 Å². The molecule has 1 aliphatic heterocycles. The molecule has 1 amide bonds. The van der Waals surface area contributed by atoms with Crippen molar-refractivity contribution in [2.45, 2.75) is 30.2 Å². The molecule has 0 radical (unpaired) electrons. The lowest BCUT2D eigenvalue weighted by Gasteiger charge is -2.26. The van der Waals surface area contributed by atoms with Gasteiger partial charge in [0.1, 0.15) is 0 Å². The Kier molecular flexibility index (Phi) is 4.28. The first-order chi connectivity index (χ1) is 12.5. The fraction of sp³-hybridized carbons (Fsp3) is 0.250. The average molecular weight is 368 g/mol. The SMILES string of the molecule is O=C(CCc1c[nH]c2ccccc12)NC1CCS(=O)(=O)c2ccccc21. The fourth-order valence-corrected chi connectivity index (χ4v) is 5.21. The molecule has 4 rings (SSSR count). The van der Waals surface area contributed by atoms with Crippen molar-refractivity contribution in [1.82, 2.24) is 10.3 Å². The number of carbonyl (C=O) groups excluding carboxylic acids is 1. The Morgan fingerprint density at radius 3 is 2.77 bits per heavy atom. The molecule has 1 aromatic heterocycles. The van der Waals surface area contributed by atoms with Gasteiger partial charge in [-0.3, -0.25) is 4.79 Å². The molecule has 0 saturated heterocycles. The number of carbonyl (C=O) groups is 1. The van der Waals surface area contributed by atoms with Crippen molar-refractivity contribution in [2.24, 2.45) is 0 Å². The van der Waals surface area contributed by atoms with Gasteiger partial charge in [0.25, 0.3) is 0 Å². The third-order valence-corrected chi connectivity index (χ3v) is 6.75. The number of hydrogen-bond acceptors (Lipinski definition) is 3. The highest BCUT2D eigenvalue weighted by Crippen LogP contribution is 2.32. The molecule has 26 heavy (non-hydrogen) atoms. The van der Waals surface area contributed by atoms with Gasteiger partial charge in [-0.1, -0.05) is 36.4 Å². The number of aryl methyl sites for hydroxylation is 1. The Bertz CT molecular complexity index is 1070. The molecule has 0 saturated carbocycles. The molecular formula is C20H20N2O3S. The van der Waals surface area contributed by atoms with Crippen molar-refractivity contribution in [3.8, 4) is 0 Å². The molecule has 1 aliphatic rings. The summed E-state index contributed by atoms with van der Waals surface area (Å²) in [6, 6.07) is 14.7. The molecule has 1 atom stereocenters. The molecule has 1 unspecified atom stereocenters. The second kappa shape index (κ2) is 6.61. The zero-order valence-corrected chi connectivity index (χ0v) is 15.1. The van der Waals surface area contributed by atoms with E-state index in [4.69, 9.17) is 0 Å². The van der Waals surface area contributed by atoms with Gasteiger partial charge in [-0.25, -0.2) is 8.42 Å². The quantitative estimate of drug-likeness (QED) is 0.742. The minimum absolute atomic E-state index is 0.0608. The molecule has 5 nitrogen and oxygen atoms in total. The van der Waals surface area contributed by atoms with Crippen LogP contribution in [0.15, 0.2) is 59.6 Å². The molecule has 0 spiro atoms. The van der Waals surface area contributed by atoms with E-state index in [-0.39, 0.29) is 17.7 Å². The lowest BCUT2D eigenvalue weighted by atomic mass is 10.0. The van der Waals surface area contributed by atoms with E-state index in [9.17, 15) is 13.2 Å². The fourth-order valence-electron chi connectivity index (χ4n) is 3.59. The largest absolute Gasteiger partial charge is 0.361 e. The molecular weight excluding hydrogens is 348 g/mol. The monoisotopic (exact) mass is 368 g/mol. The van der Waals surface area contributed by atoms with Gasteiger partial charge in [0.15, 0.2) is 9.84 Å². The third kappa shape index (κ3) is 3.12. The first-order valence-corrected chi connectivity index (χ1v) is 10.4. The standard InChI is InChI=1S/C20H20N2O3S/c23-20(10-9-14-13-21-17-7-3-1-5-15(14)17)22-18-11-12-26(24,25)19-8-4-2-6-16(18)19/h1-8,13,18,21H,9-12H2,(H,22,23). The molecule has 2 aromatic carbocycles. The summed E-state index contributed by atoms with van der Waals surface area (Å²) in [5.41, 5.74) is 2.87. The third-order valence-electron chi connectivity index (χ3n) is 4.94. The maximum absolute atomic E-state index is 12.4. The van der Waals surface area contributed by atoms with Gasteiger partial charge in [-0.15, -0.1) is 0 Å². The van der Waals surface area contributed by atoms with Crippen LogP contribution in [0.5, 0.6) is 0 Å². The minimum Gasteiger partial charge on any atom is -0.361 e. The summed E-state index contributed by atoms with van der Waals surface area (Å²) in [5.74, 6) is 0.00612. The normalized spacial score (nSPS) is 18.4. The number of para-hydroxylation sites is 1. The predicted molar refractivity (Wildman–Crippen MR) is 101 cm³/mol. The Morgan fingerprint density at radius 2 is 1.88 bits per heavy atom. The van der Waals surface area contributed by atoms with Crippen LogP contribution >= 0.6 is 0 Å². The molecule has 134 valence electrons.